The van der Waals surface area contributed by atoms with Gasteiger partial charge < -0.3 is 9.47 Å². The van der Waals surface area contributed by atoms with Gasteiger partial charge in [-0.2, -0.15) is 0 Å². The monoisotopic (exact) mass is 285 g/mol. The molecule has 0 spiro atoms. The maximum absolute atomic E-state index is 12.9. The molecule has 0 radical (unpaired) electrons. The van der Waals surface area contributed by atoms with Gasteiger partial charge in [-0.3, -0.25) is 4.79 Å². The Hall–Kier alpha value is -1.61. The topological polar surface area (TPSA) is 32.9 Å². The van der Waals surface area contributed by atoms with Crippen molar-refractivity contribution in [1.29, 1.82) is 0 Å². The third-order valence-electron chi connectivity index (χ3n) is 5.04. The molecule has 0 aliphatic heterocycles. The van der Waals surface area contributed by atoms with Crippen LogP contribution in [-0.4, -0.2) is 41.9 Å². The number of nitrogens with zero attached hydrogens (tertiary/aromatic N) is 1. The van der Waals surface area contributed by atoms with Gasteiger partial charge in [-0.1, -0.05) is 18.2 Å². The number of Topliss-reactive ketones (excluding diaryl/α,β-unsaturated/α-hetero) is 1. The first-order valence-corrected chi connectivity index (χ1v) is 7.92. The molecule has 0 unspecified atom stereocenters. The van der Waals surface area contributed by atoms with Crippen LogP contribution >= 0.6 is 0 Å². The molecule has 3 nitrogen and oxygen atoms in total. The third kappa shape index (κ3) is 2.62. The summed E-state index contributed by atoms with van der Waals surface area (Å²) in [5.74, 6) is 0.266. The van der Waals surface area contributed by atoms with Crippen LogP contribution in [0, 0.1) is 6.92 Å². The number of carbonyl (C=O) groups is 1. The molecular formula is C18H25N2O+. The van der Waals surface area contributed by atoms with Gasteiger partial charge in [-0.25, -0.2) is 0 Å². The number of fused-ring (bicyclic) bond motifs is 1. The van der Waals surface area contributed by atoms with Crippen LogP contribution in [-0.2, 0) is 0 Å². The van der Waals surface area contributed by atoms with Crippen LogP contribution in [0.4, 0.5) is 0 Å². The molecule has 1 saturated carbocycles. The van der Waals surface area contributed by atoms with E-state index in [2.05, 4.69) is 19.1 Å². The van der Waals surface area contributed by atoms with Crippen LogP contribution in [0.5, 0.6) is 0 Å². The van der Waals surface area contributed by atoms with Crippen molar-refractivity contribution in [2.45, 2.75) is 38.6 Å². The minimum absolute atomic E-state index is 0.266. The molecule has 1 fully saturated rings. The number of likely N-dealkylation sites (N-methyl/N-ethyl adjacent to an activating group) is 1. The first-order valence-electron chi connectivity index (χ1n) is 7.92. The van der Waals surface area contributed by atoms with E-state index in [-0.39, 0.29) is 5.78 Å². The average molecular weight is 285 g/mol. The Morgan fingerprint density at radius 2 is 1.90 bits per heavy atom. The van der Waals surface area contributed by atoms with E-state index in [1.807, 2.05) is 31.2 Å². The molecule has 1 aromatic carbocycles. The lowest BCUT2D eigenvalue weighted by molar-refractivity contribution is -0.906. The number of hydrogen-bond donors (Lipinski definition) is 1. The van der Waals surface area contributed by atoms with E-state index in [0.717, 1.165) is 26.6 Å². The number of benzene rings is 1. The van der Waals surface area contributed by atoms with Gasteiger partial charge in [0.05, 0.1) is 25.7 Å². The number of aryl methyl sites for hydroxylation is 1. The SMILES string of the molecule is Cc1[nH]c2ccccc2c1C(=O)C[N+](C)(C)C1CCCC1. The van der Waals surface area contributed by atoms with Gasteiger partial charge in [0.2, 0.25) is 5.78 Å². The van der Waals surface area contributed by atoms with Crippen LogP contribution in [0.15, 0.2) is 24.3 Å². The Morgan fingerprint density at radius 1 is 1.24 bits per heavy atom. The van der Waals surface area contributed by atoms with E-state index < -0.39 is 0 Å². The molecule has 112 valence electrons. The van der Waals surface area contributed by atoms with Gasteiger partial charge in [0.25, 0.3) is 0 Å². The summed E-state index contributed by atoms with van der Waals surface area (Å²) in [6, 6.07) is 8.73. The van der Waals surface area contributed by atoms with Gasteiger partial charge in [-0.15, -0.1) is 0 Å². The van der Waals surface area contributed by atoms with Gasteiger partial charge in [0.15, 0.2) is 0 Å². The molecule has 1 aromatic heterocycles. The number of carbonyl (C=O) groups excluding carboxylic acids is 1. The molecule has 0 bridgehead atoms. The Bertz CT molecular complexity index is 663. The summed E-state index contributed by atoms with van der Waals surface area (Å²) >= 11 is 0. The lowest BCUT2D eigenvalue weighted by atomic mass is 10.0. The van der Waals surface area contributed by atoms with E-state index in [0.29, 0.717) is 12.6 Å². The second-order valence-electron chi connectivity index (χ2n) is 6.97. The molecule has 3 heteroatoms. The molecule has 0 atom stereocenters. The van der Waals surface area contributed by atoms with Crippen molar-refractivity contribution >= 4 is 16.7 Å². The van der Waals surface area contributed by atoms with E-state index >= 15 is 0 Å². The summed E-state index contributed by atoms with van der Waals surface area (Å²) in [7, 11) is 4.41. The zero-order valence-electron chi connectivity index (χ0n) is 13.3. The second-order valence-corrected chi connectivity index (χ2v) is 6.97. The lowest BCUT2D eigenvalue weighted by Crippen LogP contribution is -2.50. The molecule has 1 heterocycles. The van der Waals surface area contributed by atoms with Crippen molar-refractivity contribution in [3.8, 4) is 0 Å². The van der Waals surface area contributed by atoms with Crippen LogP contribution in [0.2, 0.25) is 0 Å². The Balaban J connectivity index is 1.88. The zero-order chi connectivity index (χ0) is 15.0. The van der Waals surface area contributed by atoms with E-state index in [9.17, 15) is 4.79 Å². The number of para-hydroxylation sites is 1. The fraction of sp³-hybridized carbons (Fsp3) is 0.500. The minimum Gasteiger partial charge on any atom is -0.358 e. The quantitative estimate of drug-likeness (QED) is 0.674. The standard InChI is InChI=1S/C18H24N2O/c1-13-18(15-10-6-7-11-16(15)19-13)17(21)12-20(2,3)14-8-4-5-9-14/h6-7,10-11,14H,4-5,8-9,12H2,1-3H3/p+1. The number of aromatic nitrogens is 1. The highest BCUT2D eigenvalue weighted by atomic mass is 16.1. The number of rotatable bonds is 4. The molecule has 3 rings (SSSR count). The fourth-order valence-corrected chi connectivity index (χ4v) is 3.82. The minimum atomic E-state index is 0.266. The molecule has 21 heavy (non-hydrogen) atoms. The maximum Gasteiger partial charge on any atom is 0.219 e. The number of H-pyrrole nitrogens is 1. The first-order chi connectivity index (χ1) is 9.99. The molecule has 1 aliphatic carbocycles. The van der Waals surface area contributed by atoms with Crippen LogP contribution in [0.1, 0.15) is 41.7 Å². The summed E-state index contributed by atoms with van der Waals surface area (Å²) < 4.78 is 0.817. The lowest BCUT2D eigenvalue weighted by Gasteiger charge is -2.35. The van der Waals surface area contributed by atoms with E-state index in [1.54, 1.807) is 0 Å². The van der Waals surface area contributed by atoms with Crippen molar-refractivity contribution < 1.29 is 9.28 Å². The van der Waals surface area contributed by atoms with Gasteiger partial charge in [-0.05, 0) is 38.7 Å². The largest absolute Gasteiger partial charge is 0.358 e. The van der Waals surface area contributed by atoms with Crippen LogP contribution < -0.4 is 0 Å². The summed E-state index contributed by atoms with van der Waals surface area (Å²) in [6.45, 7) is 2.59. The Labute approximate surface area is 126 Å². The second kappa shape index (κ2) is 5.30. The van der Waals surface area contributed by atoms with Crippen LogP contribution in [0.3, 0.4) is 0 Å². The highest BCUT2D eigenvalue weighted by Crippen LogP contribution is 2.28. The number of quaternary nitrogens is 1. The molecule has 2 aromatic rings. The molecular weight excluding hydrogens is 260 g/mol. The number of hydrogen-bond acceptors (Lipinski definition) is 1. The van der Waals surface area contributed by atoms with Gasteiger partial charge >= 0.3 is 0 Å². The first kappa shape index (κ1) is 14.3. The van der Waals surface area contributed by atoms with E-state index in [1.165, 1.54) is 25.7 Å². The number of ketones is 1. The van der Waals surface area contributed by atoms with Crippen molar-refractivity contribution in [3.63, 3.8) is 0 Å². The van der Waals surface area contributed by atoms with Crippen molar-refractivity contribution in [1.82, 2.24) is 4.98 Å². The molecule has 0 saturated heterocycles. The van der Waals surface area contributed by atoms with Crippen LogP contribution in [0.25, 0.3) is 10.9 Å². The summed E-state index contributed by atoms with van der Waals surface area (Å²) in [5.41, 5.74) is 2.94. The number of aromatic amines is 1. The predicted molar refractivity (Wildman–Crippen MR) is 86.6 cm³/mol. The fourth-order valence-electron chi connectivity index (χ4n) is 3.82. The molecule has 1 N–H and O–H groups in total. The average Bonchev–Trinajstić information content (AvgIpc) is 3.04. The van der Waals surface area contributed by atoms with Crippen molar-refractivity contribution in [3.05, 3.63) is 35.5 Å². The summed E-state index contributed by atoms with van der Waals surface area (Å²) in [4.78, 5) is 16.2. The smallest absolute Gasteiger partial charge is 0.219 e. The predicted octanol–water partition coefficient (Wildman–Crippen LogP) is 3.68. The van der Waals surface area contributed by atoms with Crippen molar-refractivity contribution in [2.24, 2.45) is 0 Å². The normalized spacial score (nSPS) is 16.7. The number of nitrogens with one attached hydrogen (secondary N) is 1. The molecule has 1 aliphatic rings. The highest BCUT2D eigenvalue weighted by Gasteiger charge is 2.34. The summed E-state index contributed by atoms with van der Waals surface area (Å²) in [6.07, 6.45) is 5.14. The summed E-state index contributed by atoms with van der Waals surface area (Å²) in [5, 5.41) is 1.06. The van der Waals surface area contributed by atoms with Crippen molar-refractivity contribution in [2.75, 3.05) is 20.6 Å². The Morgan fingerprint density at radius 3 is 2.62 bits per heavy atom. The molecule has 0 amide bonds. The van der Waals surface area contributed by atoms with E-state index in [4.69, 9.17) is 0 Å². The Kier molecular flexibility index (Phi) is 3.62. The highest BCUT2D eigenvalue weighted by molar-refractivity contribution is 6.09. The third-order valence-corrected chi connectivity index (χ3v) is 5.04. The van der Waals surface area contributed by atoms with Gasteiger partial charge in [0.1, 0.15) is 6.54 Å². The zero-order valence-corrected chi connectivity index (χ0v) is 13.3. The maximum atomic E-state index is 12.9. The van der Waals surface area contributed by atoms with Gasteiger partial charge in [0, 0.05) is 16.6 Å².